The van der Waals surface area contributed by atoms with Crippen molar-refractivity contribution in [3.05, 3.63) is 11.1 Å². The lowest BCUT2D eigenvalue weighted by Gasteiger charge is -2.19. The van der Waals surface area contributed by atoms with E-state index in [4.69, 9.17) is 9.47 Å². The smallest absolute Gasteiger partial charge is 0.240 e. The van der Waals surface area contributed by atoms with Gasteiger partial charge in [-0.05, 0) is 26.7 Å². The molecule has 0 bridgehead atoms. The third-order valence-electron chi connectivity index (χ3n) is 3.04. The first-order valence-corrected chi connectivity index (χ1v) is 7.20. The van der Waals surface area contributed by atoms with Gasteiger partial charge in [0.15, 0.2) is 11.5 Å². The molecule has 0 aliphatic heterocycles. The van der Waals surface area contributed by atoms with Gasteiger partial charge < -0.3 is 9.47 Å². The van der Waals surface area contributed by atoms with Crippen LogP contribution in [-0.4, -0.2) is 25.4 Å². The molecule has 118 valence electrons. The quantitative estimate of drug-likeness (QED) is 0.540. The molecular weight excluding hydrogens is 284 g/mol. The highest BCUT2D eigenvalue weighted by Crippen LogP contribution is 2.47. The first-order chi connectivity index (χ1) is 10.6. The van der Waals surface area contributed by atoms with E-state index in [0.29, 0.717) is 35.8 Å². The van der Waals surface area contributed by atoms with Crippen molar-refractivity contribution < 1.29 is 19.1 Å². The van der Waals surface area contributed by atoms with Crippen LogP contribution in [0.4, 0.5) is 11.4 Å². The number of hydrogen-bond acceptors (Lipinski definition) is 6. The summed E-state index contributed by atoms with van der Waals surface area (Å²) in [4.78, 5) is 28.7. The largest absolute Gasteiger partial charge is 0.489 e. The van der Waals surface area contributed by atoms with Gasteiger partial charge in [-0.1, -0.05) is 13.8 Å². The van der Waals surface area contributed by atoms with Gasteiger partial charge in [-0.25, -0.2) is 9.59 Å². The molecule has 0 saturated carbocycles. The standard InChI is InChI=1S/C16H20N2O4/c1-5-7-21-15-11(3)13(17-9-19)14(18-10-20)12(4)16(15)22-8-6-2/h5-8H2,1-4H3. The van der Waals surface area contributed by atoms with E-state index in [9.17, 15) is 9.59 Å². The van der Waals surface area contributed by atoms with E-state index in [1.165, 1.54) is 12.2 Å². The predicted octanol–water partition coefficient (Wildman–Crippen LogP) is 3.82. The Kier molecular flexibility index (Phi) is 7.03. The van der Waals surface area contributed by atoms with E-state index in [1.54, 1.807) is 13.8 Å². The first kappa shape index (κ1) is 17.6. The maximum atomic E-state index is 10.7. The average Bonchev–Trinajstić information content (AvgIpc) is 2.51. The summed E-state index contributed by atoms with van der Waals surface area (Å²) in [6, 6.07) is 0. The number of aliphatic imine (C=N–C) groups is 2. The first-order valence-electron chi connectivity index (χ1n) is 7.20. The third-order valence-corrected chi connectivity index (χ3v) is 3.04. The van der Waals surface area contributed by atoms with E-state index in [-0.39, 0.29) is 11.4 Å². The number of benzene rings is 1. The van der Waals surface area contributed by atoms with Crippen LogP contribution in [0.15, 0.2) is 9.98 Å². The number of nitrogens with zero attached hydrogens (tertiary/aromatic N) is 2. The highest BCUT2D eigenvalue weighted by atomic mass is 16.5. The highest BCUT2D eigenvalue weighted by molar-refractivity contribution is 5.81. The molecule has 0 spiro atoms. The number of carbonyl (C=O) groups excluding carboxylic acids is 2. The molecule has 1 aromatic rings. The lowest BCUT2D eigenvalue weighted by atomic mass is 10.0. The summed E-state index contributed by atoms with van der Waals surface area (Å²) < 4.78 is 11.5. The van der Waals surface area contributed by atoms with Crippen molar-refractivity contribution in [3.63, 3.8) is 0 Å². The van der Waals surface area contributed by atoms with E-state index >= 15 is 0 Å². The van der Waals surface area contributed by atoms with Crippen LogP contribution in [0.3, 0.4) is 0 Å². The molecule has 6 heteroatoms. The van der Waals surface area contributed by atoms with Gasteiger partial charge in [-0.3, -0.25) is 0 Å². The van der Waals surface area contributed by atoms with E-state index in [0.717, 1.165) is 12.8 Å². The Morgan fingerprint density at radius 3 is 1.45 bits per heavy atom. The average molecular weight is 304 g/mol. The summed E-state index contributed by atoms with van der Waals surface area (Å²) >= 11 is 0. The Balaban J connectivity index is 3.63. The summed E-state index contributed by atoms with van der Waals surface area (Å²) in [5.41, 5.74) is 1.68. The summed E-state index contributed by atoms with van der Waals surface area (Å²) in [5.74, 6) is 1.04. The minimum Gasteiger partial charge on any atom is -0.489 e. The molecule has 1 rings (SSSR count). The Morgan fingerprint density at radius 2 is 1.18 bits per heavy atom. The maximum Gasteiger partial charge on any atom is 0.240 e. The van der Waals surface area contributed by atoms with E-state index < -0.39 is 0 Å². The monoisotopic (exact) mass is 304 g/mol. The van der Waals surface area contributed by atoms with Crippen LogP contribution in [-0.2, 0) is 9.59 Å². The Bertz CT molecular complexity index is 573. The van der Waals surface area contributed by atoms with Crippen molar-refractivity contribution in [2.75, 3.05) is 13.2 Å². The van der Waals surface area contributed by atoms with E-state index in [2.05, 4.69) is 9.98 Å². The Labute approximate surface area is 129 Å². The number of hydrogen-bond donors (Lipinski definition) is 0. The van der Waals surface area contributed by atoms with Crippen LogP contribution in [0.1, 0.15) is 37.8 Å². The molecular formula is C16H20N2O4. The van der Waals surface area contributed by atoms with Gasteiger partial charge in [-0.15, -0.1) is 0 Å². The van der Waals surface area contributed by atoms with Gasteiger partial charge in [0.05, 0.1) is 13.2 Å². The molecule has 0 unspecified atom stereocenters. The third kappa shape index (κ3) is 3.82. The summed E-state index contributed by atoms with van der Waals surface area (Å²) in [6.45, 7) is 8.47. The summed E-state index contributed by atoms with van der Waals surface area (Å²) in [5, 5.41) is 0. The van der Waals surface area contributed by atoms with Gasteiger partial charge in [0.1, 0.15) is 11.4 Å². The second-order valence-electron chi connectivity index (χ2n) is 4.71. The molecule has 0 saturated heterocycles. The Hall–Kier alpha value is -2.42. The van der Waals surface area contributed by atoms with Crippen molar-refractivity contribution in [2.24, 2.45) is 9.98 Å². The van der Waals surface area contributed by atoms with Gasteiger partial charge >= 0.3 is 0 Å². The molecule has 6 nitrogen and oxygen atoms in total. The molecule has 0 aliphatic rings. The highest BCUT2D eigenvalue weighted by Gasteiger charge is 2.22. The van der Waals surface area contributed by atoms with Crippen molar-refractivity contribution in [1.29, 1.82) is 0 Å². The van der Waals surface area contributed by atoms with Gasteiger partial charge in [-0.2, -0.15) is 9.98 Å². The number of ether oxygens (including phenoxy) is 2. The van der Waals surface area contributed by atoms with Crippen molar-refractivity contribution in [3.8, 4) is 11.5 Å². The van der Waals surface area contributed by atoms with Gasteiger partial charge in [0.2, 0.25) is 12.2 Å². The molecule has 1 aromatic carbocycles. The number of rotatable bonds is 8. The molecule has 22 heavy (non-hydrogen) atoms. The molecule has 0 radical (unpaired) electrons. The number of isocyanates is 2. The van der Waals surface area contributed by atoms with E-state index in [1.807, 2.05) is 13.8 Å². The minimum atomic E-state index is 0.255. The lowest BCUT2D eigenvalue weighted by Crippen LogP contribution is -2.05. The fourth-order valence-electron chi connectivity index (χ4n) is 2.03. The zero-order valence-electron chi connectivity index (χ0n) is 13.4. The van der Waals surface area contributed by atoms with Crippen LogP contribution < -0.4 is 9.47 Å². The normalized spacial score (nSPS) is 9.64. The molecule has 0 aromatic heterocycles. The second kappa shape index (κ2) is 8.78. The molecule has 0 aliphatic carbocycles. The molecule has 0 N–H and O–H groups in total. The Morgan fingerprint density at radius 1 is 0.818 bits per heavy atom. The molecule has 0 amide bonds. The van der Waals surface area contributed by atoms with Crippen LogP contribution in [0.25, 0.3) is 0 Å². The lowest BCUT2D eigenvalue weighted by molar-refractivity contribution is 0.266. The topological polar surface area (TPSA) is 77.3 Å². The van der Waals surface area contributed by atoms with Crippen molar-refractivity contribution >= 4 is 23.5 Å². The zero-order valence-corrected chi connectivity index (χ0v) is 13.4. The maximum absolute atomic E-state index is 10.7. The van der Waals surface area contributed by atoms with Crippen molar-refractivity contribution in [2.45, 2.75) is 40.5 Å². The molecule has 0 atom stereocenters. The van der Waals surface area contributed by atoms with Crippen LogP contribution in [0.5, 0.6) is 11.5 Å². The fourth-order valence-corrected chi connectivity index (χ4v) is 2.03. The van der Waals surface area contributed by atoms with Crippen LogP contribution >= 0.6 is 0 Å². The van der Waals surface area contributed by atoms with Gasteiger partial charge in [0, 0.05) is 11.1 Å². The summed E-state index contributed by atoms with van der Waals surface area (Å²) in [6.07, 6.45) is 4.62. The minimum absolute atomic E-state index is 0.255. The predicted molar refractivity (Wildman–Crippen MR) is 83.1 cm³/mol. The fraction of sp³-hybridized carbons (Fsp3) is 0.500. The van der Waals surface area contributed by atoms with Crippen molar-refractivity contribution in [1.82, 2.24) is 0 Å². The van der Waals surface area contributed by atoms with Gasteiger partial charge in [0.25, 0.3) is 0 Å². The summed E-state index contributed by atoms with van der Waals surface area (Å²) in [7, 11) is 0. The van der Waals surface area contributed by atoms with Crippen LogP contribution in [0, 0.1) is 13.8 Å². The zero-order chi connectivity index (χ0) is 16.5. The molecule has 0 fully saturated rings. The second-order valence-corrected chi connectivity index (χ2v) is 4.71. The molecule has 0 heterocycles. The van der Waals surface area contributed by atoms with Crippen LogP contribution in [0.2, 0.25) is 0 Å². The SMILES string of the molecule is CCCOc1c(C)c(N=C=O)c(N=C=O)c(C)c1OCCC.